The second-order valence-electron chi connectivity index (χ2n) is 2.82. The van der Waals surface area contributed by atoms with Crippen LogP contribution in [-0.4, -0.2) is 23.5 Å². The number of carbonyl (C=O) groups excluding carboxylic acids is 1. The number of esters is 1. The van der Waals surface area contributed by atoms with Crippen LogP contribution < -0.4 is 17.2 Å². The highest BCUT2D eigenvalue weighted by Crippen LogP contribution is 2.22. The normalized spacial score (nSPS) is 11.8. The number of hydrogen-bond acceptors (Lipinski definition) is 6. The maximum atomic E-state index is 11.6. The third-order valence-electron chi connectivity index (χ3n) is 1.61. The first-order chi connectivity index (χ1) is 7.54. The molecule has 0 bridgehead atoms. The van der Waals surface area contributed by atoms with Crippen molar-refractivity contribution < 1.29 is 9.53 Å². The number of aromatic nitrogens is 1. The van der Waals surface area contributed by atoms with Gasteiger partial charge in [-0.15, -0.1) is 11.3 Å². The number of guanidine groups is 1. The van der Waals surface area contributed by atoms with Crippen molar-refractivity contribution in [1.82, 2.24) is 4.98 Å². The average Bonchev–Trinajstić information content (AvgIpc) is 2.61. The van der Waals surface area contributed by atoms with Gasteiger partial charge in [0.1, 0.15) is 0 Å². The van der Waals surface area contributed by atoms with Crippen molar-refractivity contribution in [3.05, 3.63) is 11.1 Å². The first-order valence-corrected chi connectivity index (χ1v) is 5.38. The van der Waals surface area contributed by atoms with Crippen LogP contribution in [0.25, 0.3) is 0 Å². The van der Waals surface area contributed by atoms with Gasteiger partial charge in [-0.3, -0.25) is 0 Å². The van der Waals surface area contributed by atoms with Gasteiger partial charge < -0.3 is 21.9 Å². The van der Waals surface area contributed by atoms with E-state index >= 15 is 0 Å². The molecule has 8 heteroatoms. The SMILES string of the molecule is CCOC(=O)C(N=C(N)N)c1csc(N)n1. The van der Waals surface area contributed by atoms with Crippen molar-refractivity contribution in [1.29, 1.82) is 0 Å². The Kier molecular flexibility index (Phi) is 4.06. The fraction of sp³-hybridized carbons (Fsp3) is 0.375. The lowest BCUT2D eigenvalue weighted by molar-refractivity contribution is -0.144. The number of anilines is 1. The number of carbonyl (C=O) groups is 1. The first kappa shape index (κ1) is 12.2. The van der Waals surface area contributed by atoms with Gasteiger partial charge in [-0.25, -0.2) is 14.8 Å². The maximum absolute atomic E-state index is 11.6. The lowest BCUT2D eigenvalue weighted by Gasteiger charge is -2.08. The predicted octanol–water partition coefficient (Wildman–Crippen LogP) is -0.397. The summed E-state index contributed by atoms with van der Waals surface area (Å²) in [4.78, 5) is 19.3. The van der Waals surface area contributed by atoms with Gasteiger partial charge in [0.25, 0.3) is 0 Å². The highest BCUT2D eigenvalue weighted by molar-refractivity contribution is 7.13. The Balaban J connectivity index is 2.96. The van der Waals surface area contributed by atoms with E-state index in [1.165, 1.54) is 11.3 Å². The van der Waals surface area contributed by atoms with Gasteiger partial charge in [0.15, 0.2) is 17.1 Å². The van der Waals surface area contributed by atoms with Gasteiger partial charge in [0.2, 0.25) is 0 Å². The summed E-state index contributed by atoms with van der Waals surface area (Å²) < 4.78 is 4.84. The molecule has 0 fully saturated rings. The molecule has 1 unspecified atom stereocenters. The Bertz CT molecular complexity index is 399. The van der Waals surface area contributed by atoms with Crippen LogP contribution in [0, 0.1) is 0 Å². The molecule has 16 heavy (non-hydrogen) atoms. The number of ether oxygens (including phenoxy) is 1. The molecule has 0 saturated carbocycles. The molecule has 1 heterocycles. The molecular formula is C8H13N5O2S. The molecule has 1 atom stereocenters. The van der Waals surface area contributed by atoms with E-state index in [-0.39, 0.29) is 12.6 Å². The Hall–Kier alpha value is -1.83. The Morgan fingerprint density at radius 2 is 2.38 bits per heavy atom. The summed E-state index contributed by atoms with van der Waals surface area (Å²) in [7, 11) is 0. The van der Waals surface area contributed by atoms with E-state index in [1.807, 2.05) is 0 Å². The van der Waals surface area contributed by atoms with E-state index in [1.54, 1.807) is 12.3 Å². The van der Waals surface area contributed by atoms with Crippen molar-refractivity contribution in [3.63, 3.8) is 0 Å². The minimum atomic E-state index is -0.946. The van der Waals surface area contributed by atoms with Gasteiger partial charge in [-0.05, 0) is 6.92 Å². The summed E-state index contributed by atoms with van der Waals surface area (Å²) in [5.74, 6) is -0.758. The average molecular weight is 243 g/mol. The number of hydrogen-bond donors (Lipinski definition) is 3. The van der Waals surface area contributed by atoms with Crippen molar-refractivity contribution in [2.24, 2.45) is 16.5 Å². The number of aliphatic imine (C=N–C) groups is 1. The molecule has 0 aromatic carbocycles. The van der Waals surface area contributed by atoms with E-state index in [0.717, 1.165) is 0 Å². The fourth-order valence-corrected chi connectivity index (χ4v) is 1.62. The molecule has 0 saturated heterocycles. The Morgan fingerprint density at radius 3 is 2.81 bits per heavy atom. The molecule has 0 spiro atoms. The molecule has 0 aliphatic carbocycles. The highest BCUT2D eigenvalue weighted by Gasteiger charge is 2.24. The van der Waals surface area contributed by atoms with Gasteiger partial charge >= 0.3 is 5.97 Å². The van der Waals surface area contributed by atoms with Crippen LogP contribution in [0.2, 0.25) is 0 Å². The number of nitrogen functional groups attached to an aromatic ring is 1. The minimum absolute atomic E-state index is 0.204. The van der Waals surface area contributed by atoms with Crippen LogP contribution in [0.1, 0.15) is 18.7 Å². The molecule has 0 aliphatic heterocycles. The fourth-order valence-electron chi connectivity index (χ4n) is 1.04. The minimum Gasteiger partial charge on any atom is -0.464 e. The molecule has 0 amide bonds. The number of rotatable bonds is 4. The third-order valence-corrected chi connectivity index (χ3v) is 2.30. The first-order valence-electron chi connectivity index (χ1n) is 4.50. The molecule has 1 aromatic rings. The van der Waals surface area contributed by atoms with E-state index in [2.05, 4.69) is 9.98 Å². The molecule has 7 nitrogen and oxygen atoms in total. The molecular weight excluding hydrogens is 230 g/mol. The monoisotopic (exact) mass is 243 g/mol. The van der Waals surface area contributed by atoms with Gasteiger partial charge in [-0.1, -0.05) is 0 Å². The van der Waals surface area contributed by atoms with Crippen molar-refractivity contribution in [3.8, 4) is 0 Å². The van der Waals surface area contributed by atoms with Gasteiger partial charge in [0, 0.05) is 5.38 Å². The van der Waals surface area contributed by atoms with Crippen molar-refractivity contribution >= 4 is 28.4 Å². The van der Waals surface area contributed by atoms with Crippen LogP contribution in [0.5, 0.6) is 0 Å². The largest absolute Gasteiger partial charge is 0.464 e. The quantitative estimate of drug-likeness (QED) is 0.375. The second-order valence-corrected chi connectivity index (χ2v) is 3.71. The standard InChI is InChI=1S/C8H13N5O2S/c1-2-15-6(14)5(13-7(9)10)4-3-16-8(11)12-4/h3,5H,2H2,1H3,(H2,11,12)(H4,9,10,13). The molecule has 1 rings (SSSR count). The van der Waals surface area contributed by atoms with E-state index in [0.29, 0.717) is 10.8 Å². The summed E-state index contributed by atoms with van der Waals surface area (Å²) in [5.41, 5.74) is 16.3. The number of nitrogens with zero attached hydrogens (tertiary/aromatic N) is 2. The summed E-state index contributed by atoms with van der Waals surface area (Å²) in [6.45, 7) is 1.94. The lowest BCUT2D eigenvalue weighted by Crippen LogP contribution is -2.26. The van der Waals surface area contributed by atoms with Crippen molar-refractivity contribution in [2.45, 2.75) is 13.0 Å². The Labute approximate surface area is 96.3 Å². The smallest absolute Gasteiger partial charge is 0.337 e. The van der Waals surface area contributed by atoms with Crippen LogP contribution in [-0.2, 0) is 9.53 Å². The molecule has 0 aliphatic rings. The topological polar surface area (TPSA) is 130 Å². The number of nitrogens with two attached hydrogens (primary N) is 3. The highest BCUT2D eigenvalue weighted by atomic mass is 32.1. The van der Waals surface area contributed by atoms with Crippen LogP contribution in [0.4, 0.5) is 5.13 Å². The molecule has 88 valence electrons. The summed E-state index contributed by atoms with van der Waals surface area (Å²) in [6, 6.07) is -0.946. The molecule has 0 radical (unpaired) electrons. The maximum Gasteiger partial charge on any atom is 0.337 e. The zero-order chi connectivity index (χ0) is 12.1. The summed E-state index contributed by atoms with van der Waals surface area (Å²) in [6.07, 6.45) is 0. The van der Waals surface area contributed by atoms with Crippen molar-refractivity contribution in [2.75, 3.05) is 12.3 Å². The zero-order valence-corrected chi connectivity index (χ0v) is 9.53. The zero-order valence-electron chi connectivity index (χ0n) is 8.71. The van der Waals surface area contributed by atoms with Crippen LogP contribution in [0.3, 0.4) is 0 Å². The van der Waals surface area contributed by atoms with Crippen LogP contribution >= 0.6 is 11.3 Å². The van der Waals surface area contributed by atoms with E-state index in [4.69, 9.17) is 21.9 Å². The molecule has 6 N–H and O–H groups in total. The van der Waals surface area contributed by atoms with Crippen LogP contribution in [0.15, 0.2) is 10.4 Å². The van der Waals surface area contributed by atoms with E-state index < -0.39 is 12.0 Å². The Morgan fingerprint density at radius 1 is 1.69 bits per heavy atom. The summed E-state index contributed by atoms with van der Waals surface area (Å²) in [5, 5.41) is 1.96. The summed E-state index contributed by atoms with van der Waals surface area (Å²) >= 11 is 1.20. The van der Waals surface area contributed by atoms with E-state index in [9.17, 15) is 4.79 Å². The second kappa shape index (κ2) is 5.31. The van der Waals surface area contributed by atoms with Gasteiger partial charge in [-0.2, -0.15) is 0 Å². The predicted molar refractivity (Wildman–Crippen MR) is 61.7 cm³/mol. The number of thiazole rings is 1. The molecule has 1 aromatic heterocycles. The third kappa shape index (κ3) is 3.09. The lowest BCUT2D eigenvalue weighted by atomic mass is 10.2. The van der Waals surface area contributed by atoms with Gasteiger partial charge in [0.05, 0.1) is 12.3 Å².